The zero-order valence-electron chi connectivity index (χ0n) is 22.1. The molecule has 3 unspecified atom stereocenters. The Hall–Kier alpha value is -4.32. The van der Waals surface area contributed by atoms with Gasteiger partial charge in [0, 0.05) is 19.3 Å². The van der Waals surface area contributed by atoms with Gasteiger partial charge in [-0.1, -0.05) is 60.7 Å². The number of carboxylic acids is 1. The summed E-state index contributed by atoms with van der Waals surface area (Å²) < 4.78 is 5.33. The molecule has 0 radical (unpaired) electrons. The third-order valence-electron chi connectivity index (χ3n) is 5.30. The molecule has 2 aromatic rings. The Balaban J connectivity index is 2.29. The maximum atomic E-state index is 13.4. The molecule has 9 nitrogen and oxygen atoms in total. The number of alkyl carbamates (subject to hydrolysis) is 1. The Morgan fingerprint density at radius 1 is 0.789 bits per heavy atom. The fourth-order valence-corrected chi connectivity index (χ4v) is 3.52. The first-order chi connectivity index (χ1) is 18.0. The van der Waals surface area contributed by atoms with E-state index in [1.165, 1.54) is 0 Å². The minimum absolute atomic E-state index is 0.0829. The highest BCUT2D eigenvalue weighted by Gasteiger charge is 2.30. The molecule has 4 N–H and O–H groups in total. The number of aliphatic carboxylic acids is 1. The van der Waals surface area contributed by atoms with Crippen LogP contribution < -0.4 is 16.0 Å². The Labute approximate surface area is 223 Å². The van der Waals surface area contributed by atoms with E-state index in [0.717, 1.165) is 11.1 Å². The van der Waals surface area contributed by atoms with Gasteiger partial charge in [-0.05, 0) is 38.8 Å². The molecule has 2 rings (SSSR count). The second kappa shape index (κ2) is 14.4. The van der Waals surface area contributed by atoms with Gasteiger partial charge in [0.2, 0.25) is 11.8 Å². The van der Waals surface area contributed by atoms with Crippen molar-refractivity contribution in [3.8, 4) is 11.8 Å². The third kappa shape index (κ3) is 10.7. The van der Waals surface area contributed by atoms with Crippen LogP contribution in [0.1, 0.15) is 45.2 Å². The molecule has 0 bridgehead atoms. The average molecular weight is 522 g/mol. The largest absolute Gasteiger partial charge is 0.480 e. The Morgan fingerprint density at radius 2 is 1.24 bits per heavy atom. The summed E-state index contributed by atoms with van der Waals surface area (Å²) in [6.07, 6.45) is -0.605. The molecule has 0 aliphatic carbocycles. The highest BCUT2D eigenvalue weighted by Crippen LogP contribution is 2.10. The van der Waals surface area contributed by atoms with Crippen molar-refractivity contribution in [1.82, 2.24) is 16.0 Å². The van der Waals surface area contributed by atoms with Gasteiger partial charge in [-0.3, -0.25) is 9.59 Å². The van der Waals surface area contributed by atoms with E-state index in [0.29, 0.717) is 0 Å². The summed E-state index contributed by atoms with van der Waals surface area (Å²) in [4.78, 5) is 50.8. The van der Waals surface area contributed by atoms with Gasteiger partial charge in [0.25, 0.3) is 0 Å². The van der Waals surface area contributed by atoms with Crippen LogP contribution in [0.4, 0.5) is 4.79 Å². The van der Waals surface area contributed by atoms with Crippen molar-refractivity contribution in [2.45, 2.75) is 70.7 Å². The van der Waals surface area contributed by atoms with Gasteiger partial charge < -0.3 is 25.8 Å². The molecule has 0 heterocycles. The zero-order valence-corrected chi connectivity index (χ0v) is 22.1. The van der Waals surface area contributed by atoms with Crippen molar-refractivity contribution < 1.29 is 29.0 Å². The van der Waals surface area contributed by atoms with E-state index in [1.807, 2.05) is 36.4 Å². The standard InChI is InChI=1S/C29H35N3O6/c1-5-6-17-22(27(35)36)30-25(33)23(18-20-13-9-7-10-14-20)31-26(34)24(19-21-15-11-8-12-16-21)32-28(37)38-29(2,3)4/h7-16,22-24H,17-19H2,1-4H3,(H,30,33)(H,31,34)(H,32,37)(H,35,36). The van der Waals surface area contributed by atoms with Gasteiger partial charge >= 0.3 is 12.1 Å². The fraction of sp³-hybridized carbons (Fsp3) is 0.379. The lowest BCUT2D eigenvalue weighted by molar-refractivity contribution is -0.142. The quantitative estimate of drug-likeness (QED) is 0.336. The van der Waals surface area contributed by atoms with E-state index in [9.17, 15) is 24.3 Å². The molecule has 0 spiro atoms. The molecule has 0 aliphatic rings. The van der Waals surface area contributed by atoms with Crippen LogP contribution in [0.5, 0.6) is 0 Å². The van der Waals surface area contributed by atoms with E-state index < -0.39 is 47.6 Å². The number of carbonyl (C=O) groups is 4. The molecule has 0 aliphatic heterocycles. The Morgan fingerprint density at radius 3 is 1.66 bits per heavy atom. The predicted molar refractivity (Wildman–Crippen MR) is 143 cm³/mol. The second-order valence-electron chi connectivity index (χ2n) is 9.67. The van der Waals surface area contributed by atoms with Crippen LogP contribution in [0.25, 0.3) is 0 Å². The Kier molecular flexibility index (Phi) is 11.4. The van der Waals surface area contributed by atoms with E-state index >= 15 is 0 Å². The summed E-state index contributed by atoms with van der Waals surface area (Å²) in [6.45, 7) is 6.70. The first-order valence-corrected chi connectivity index (χ1v) is 12.3. The molecular formula is C29H35N3O6. The van der Waals surface area contributed by atoms with Crippen LogP contribution in [0.15, 0.2) is 60.7 Å². The number of hydrogen-bond donors (Lipinski definition) is 4. The molecule has 9 heteroatoms. The molecule has 3 amide bonds. The SMILES string of the molecule is CC#CCC(NC(=O)C(Cc1ccccc1)NC(=O)C(Cc1ccccc1)NC(=O)OC(C)(C)C)C(=O)O. The monoisotopic (exact) mass is 521 g/mol. The van der Waals surface area contributed by atoms with E-state index in [1.54, 1.807) is 52.0 Å². The summed E-state index contributed by atoms with van der Waals surface area (Å²) >= 11 is 0. The van der Waals surface area contributed by atoms with Gasteiger partial charge in [-0.15, -0.1) is 11.8 Å². The van der Waals surface area contributed by atoms with E-state index in [4.69, 9.17) is 4.74 Å². The maximum absolute atomic E-state index is 13.4. The Bertz CT molecular complexity index is 1150. The van der Waals surface area contributed by atoms with Gasteiger partial charge in [0.1, 0.15) is 23.7 Å². The lowest BCUT2D eigenvalue weighted by Gasteiger charge is -2.26. The van der Waals surface area contributed by atoms with Crippen molar-refractivity contribution in [2.24, 2.45) is 0 Å². The topological polar surface area (TPSA) is 134 Å². The summed E-state index contributed by atoms with van der Waals surface area (Å²) in [5, 5.41) is 17.3. The zero-order chi connectivity index (χ0) is 28.1. The van der Waals surface area contributed by atoms with E-state index in [2.05, 4.69) is 27.8 Å². The normalized spacial score (nSPS) is 13.1. The number of carboxylic acid groups (broad SMARTS) is 1. The van der Waals surface area contributed by atoms with Crippen LogP contribution in [-0.2, 0) is 32.0 Å². The summed E-state index contributed by atoms with van der Waals surface area (Å²) in [5.41, 5.74) is 0.769. The molecular weight excluding hydrogens is 486 g/mol. The predicted octanol–water partition coefficient (Wildman–Crippen LogP) is 2.83. The van der Waals surface area contributed by atoms with Gasteiger partial charge in [-0.25, -0.2) is 9.59 Å². The van der Waals surface area contributed by atoms with Crippen molar-refractivity contribution >= 4 is 23.9 Å². The van der Waals surface area contributed by atoms with Crippen LogP contribution in [0.2, 0.25) is 0 Å². The fourth-order valence-electron chi connectivity index (χ4n) is 3.52. The number of carbonyl (C=O) groups excluding carboxylic acids is 3. The summed E-state index contributed by atoms with van der Waals surface area (Å²) in [7, 11) is 0. The number of ether oxygens (including phenoxy) is 1. The smallest absolute Gasteiger partial charge is 0.408 e. The van der Waals surface area contributed by atoms with Crippen molar-refractivity contribution in [3.63, 3.8) is 0 Å². The molecule has 38 heavy (non-hydrogen) atoms. The van der Waals surface area contributed by atoms with Crippen molar-refractivity contribution in [2.75, 3.05) is 0 Å². The number of hydrogen-bond acceptors (Lipinski definition) is 5. The second-order valence-corrected chi connectivity index (χ2v) is 9.67. The van der Waals surface area contributed by atoms with Crippen molar-refractivity contribution in [1.29, 1.82) is 0 Å². The average Bonchev–Trinajstić information content (AvgIpc) is 2.85. The van der Waals surface area contributed by atoms with Crippen LogP contribution >= 0.6 is 0 Å². The van der Waals surface area contributed by atoms with Gasteiger partial charge in [0.15, 0.2) is 0 Å². The molecule has 0 aromatic heterocycles. The highest BCUT2D eigenvalue weighted by molar-refractivity contribution is 5.93. The molecule has 0 saturated heterocycles. The van der Waals surface area contributed by atoms with Gasteiger partial charge in [0.05, 0.1) is 0 Å². The molecule has 3 atom stereocenters. The van der Waals surface area contributed by atoms with Crippen LogP contribution in [-0.4, -0.2) is 52.7 Å². The first kappa shape index (κ1) is 29.9. The summed E-state index contributed by atoms with van der Waals surface area (Å²) in [5.74, 6) is 2.74. The number of rotatable bonds is 11. The van der Waals surface area contributed by atoms with Crippen LogP contribution in [0, 0.1) is 11.8 Å². The van der Waals surface area contributed by atoms with Crippen molar-refractivity contribution in [3.05, 3.63) is 71.8 Å². The first-order valence-electron chi connectivity index (χ1n) is 12.3. The maximum Gasteiger partial charge on any atom is 0.408 e. The highest BCUT2D eigenvalue weighted by atomic mass is 16.6. The lowest BCUT2D eigenvalue weighted by atomic mass is 10.0. The number of amides is 3. The van der Waals surface area contributed by atoms with E-state index in [-0.39, 0.29) is 19.3 Å². The molecule has 0 saturated carbocycles. The third-order valence-corrected chi connectivity index (χ3v) is 5.30. The summed E-state index contributed by atoms with van der Waals surface area (Å²) in [6, 6.07) is 14.7. The minimum Gasteiger partial charge on any atom is -0.480 e. The minimum atomic E-state index is -1.25. The van der Waals surface area contributed by atoms with Gasteiger partial charge in [-0.2, -0.15) is 0 Å². The molecule has 2 aromatic carbocycles. The molecule has 202 valence electrons. The lowest BCUT2D eigenvalue weighted by Crippen LogP contribution is -2.57. The number of nitrogens with one attached hydrogen (secondary N) is 3. The van der Waals surface area contributed by atoms with Crippen LogP contribution in [0.3, 0.4) is 0 Å². The molecule has 0 fully saturated rings. The number of benzene rings is 2.